The zero-order valence-electron chi connectivity index (χ0n) is 11.1. The van der Waals surface area contributed by atoms with Gasteiger partial charge in [-0.1, -0.05) is 6.07 Å². The van der Waals surface area contributed by atoms with Crippen molar-refractivity contribution in [2.45, 2.75) is 13.8 Å². The normalized spacial score (nSPS) is 10.2. The largest absolute Gasteiger partial charge is 0.371 e. The third-order valence-corrected chi connectivity index (χ3v) is 3.73. The standard InChI is InChI=1S/C14H17N3OS/c1-3-17(4-2)11-7-8-13(15-10-11)16-14(18)12-6-5-9-19-12/h5-10H,3-4H2,1-2H3,(H,15,16,18). The van der Waals surface area contributed by atoms with Crippen LogP contribution >= 0.6 is 11.3 Å². The number of amides is 1. The Kier molecular flexibility index (Phi) is 4.52. The van der Waals surface area contributed by atoms with Crippen molar-refractivity contribution in [2.75, 3.05) is 23.3 Å². The molecule has 0 aliphatic carbocycles. The van der Waals surface area contributed by atoms with Gasteiger partial charge in [-0.2, -0.15) is 0 Å². The van der Waals surface area contributed by atoms with Crippen LogP contribution in [0.15, 0.2) is 35.8 Å². The third kappa shape index (κ3) is 3.32. The van der Waals surface area contributed by atoms with Gasteiger partial charge in [-0.05, 0) is 37.4 Å². The molecule has 0 atom stereocenters. The first kappa shape index (κ1) is 13.5. The average molecular weight is 275 g/mol. The van der Waals surface area contributed by atoms with Crippen LogP contribution < -0.4 is 10.2 Å². The summed E-state index contributed by atoms with van der Waals surface area (Å²) in [5, 5.41) is 4.67. The molecule has 2 rings (SSSR count). The Bertz CT molecular complexity index is 518. The number of thiophene rings is 1. The Morgan fingerprint density at radius 3 is 2.63 bits per heavy atom. The minimum absolute atomic E-state index is 0.113. The predicted octanol–water partition coefficient (Wildman–Crippen LogP) is 3.24. The molecule has 0 bridgehead atoms. The molecule has 0 unspecified atom stereocenters. The lowest BCUT2D eigenvalue weighted by molar-refractivity contribution is 0.103. The van der Waals surface area contributed by atoms with Gasteiger partial charge in [0.1, 0.15) is 5.82 Å². The molecule has 0 aliphatic heterocycles. The zero-order chi connectivity index (χ0) is 13.7. The van der Waals surface area contributed by atoms with Crippen LogP contribution in [-0.4, -0.2) is 24.0 Å². The zero-order valence-corrected chi connectivity index (χ0v) is 11.9. The van der Waals surface area contributed by atoms with Crippen molar-refractivity contribution < 1.29 is 4.79 Å². The van der Waals surface area contributed by atoms with Gasteiger partial charge >= 0.3 is 0 Å². The molecule has 0 spiro atoms. The third-order valence-electron chi connectivity index (χ3n) is 2.86. The molecular formula is C14H17N3OS. The van der Waals surface area contributed by atoms with E-state index >= 15 is 0 Å². The summed E-state index contributed by atoms with van der Waals surface area (Å²) in [7, 11) is 0. The lowest BCUT2D eigenvalue weighted by Gasteiger charge is -2.20. The molecule has 2 aromatic heterocycles. The Hall–Kier alpha value is -1.88. The van der Waals surface area contributed by atoms with Crippen molar-refractivity contribution in [1.82, 2.24) is 4.98 Å². The Labute approximate surface area is 117 Å². The van der Waals surface area contributed by atoms with E-state index in [4.69, 9.17) is 0 Å². The highest BCUT2D eigenvalue weighted by atomic mass is 32.1. The molecule has 5 heteroatoms. The van der Waals surface area contributed by atoms with E-state index in [0.29, 0.717) is 10.7 Å². The van der Waals surface area contributed by atoms with Crippen LogP contribution in [0.2, 0.25) is 0 Å². The van der Waals surface area contributed by atoms with E-state index in [9.17, 15) is 4.79 Å². The first-order chi connectivity index (χ1) is 9.24. The van der Waals surface area contributed by atoms with Crippen molar-refractivity contribution in [3.63, 3.8) is 0 Å². The van der Waals surface area contributed by atoms with Crippen LogP contribution in [0.5, 0.6) is 0 Å². The lowest BCUT2D eigenvalue weighted by Crippen LogP contribution is -2.22. The molecule has 1 N–H and O–H groups in total. The van der Waals surface area contributed by atoms with Crippen LogP contribution in [-0.2, 0) is 0 Å². The summed E-state index contributed by atoms with van der Waals surface area (Å²) in [6.45, 7) is 6.10. The minimum atomic E-state index is -0.113. The van der Waals surface area contributed by atoms with Gasteiger partial charge in [0, 0.05) is 13.1 Å². The smallest absolute Gasteiger partial charge is 0.266 e. The number of nitrogens with one attached hydrogen (secondary N) is 1. The summed E-state index contributed by atoms with van der Waals surface area (Å²) in [6.07, 6.45) is 1.79. The first-order valence-electron chi connectivity index (χ1n) is 6.30. The molecule has 0 aliphatic rings. The summed E-state index contributed by atoms with van der Waals surface area (Å²) >= 11 is 1.42. The summed E-state index contributed by atoms with van der Waals surface area (Å²) in [6, 6.07) is 7.46. The maximum Gasteiger partial charge on any atom is 0.266 e. The Morgan fingerprint density at radius 2 is 2.11 bits per heavy atom. The molecule has 100 valence electrons. The summed E-state index contributed by atoms with van der Waals surface area (Å²) in [5.74, 6) is 0.465. The number of carbonyl (C=O) groups is 1. The second-order valence-electron chi connectivity index (χ2n) is 4.01. The summed E-state index contributed by atoms with van der Waals surface area (Å²) in [5.41, 5.74) is 1.07. The Balaban J connectivity index is 2.05. The molecular weight excluding hydrogens is 258 g/mol. The second-order valence-corrected chi connectivity index (χ2v) is 4.95. The number of rotatable bonds is 5. The van der Waals surface area contributed by atoms with Crippen LogP contribution in [0, 0.1) is 0 Å². The van der Waals surface area contributed by atoms with E-state index in [-0.39, 0.29) is 5.91 Å². The van der Waals surface area contributed by atoms with Gasteiger partial charge in [-0.3, -0.25) is 4.79 Å². The highest BCUT2D eigenvalue weighted by Gasteiger charge is 2.08. The van der Waals surface area contributed by atoms with Gasteiger partial charge in [-0.25, -0.2) is 4.98 Å². The number of anilines is 2. The molecule has 2 heterocycles. The van der Waals surface area contributed by atoms with Crippen LogP contribution in [0.3, 0.4) is 0 Å². The second kappa shape index (κ2) is 6.33. The van der Waals surface area contributed by atoms with Crippen molar-refractivity contribution >= 4 is 28.7 Å². The molecule has 0 fully saturated rings. The monoisotopic (exact) mass is 275 g/mol. The van der Waals surface area contributed by atoms with Crippen molar-refractivity contribution in [3.8, 4) is 0 Å². The van der Waals surface area contributed by atoms with Gasteiger partial charge in [-0.15, -0.1) is 11.3 Å². The van der Waals surface area contributed by atoms with Gasteiger partial charge in [0.05, 0.1) is 16.8 Å². The fourth-order valence-electron chi connectivity index (χ4n) is 1.82. The molecule has 4 nitrogen and oxygen atoms in total. The van der Waals surface area contributed by atoms with E-state index < -0.39 is 0 Å². The minimum Gasteiger partial charge on any atom is -0.371 e. The first-order valence-corrected chi connectivity index (χ1v) is 7.18. The SMILES string of the molecule is CCN(CC)c1ccc(NC(=O)c2cccs2)nc1. The number of hydrogen-bond donors (Lipinski definition) is 1. The number of hydrogen-bond acceptors (Lipinski definition) is 4. The highest BCUT2D eigenvalue weighted by molar-refractivity contribution is 7.12. The van der Waals surface area contributed by atoms with Crippen LogP contribution in [0.1, 0.15) is 23.5 Å². The van der Waals surface area contributed by atoms with E-state index in [1.165, 1.54) is 11.3 Å². The van der Waals surface area contributed by atoms with E-state index in [0.717, 1.165) is 18.8 Å². The number of aromatic nitrogens is 1. The maximum atomic E-state index is 11.9. The molecule has 2 aromatic rings. The molecule has 0 saturated carbocycles. The fraction of sp³-hybridized carbons (Fsp3) is 0.286. The number of carbonyl (C=O) groups excluding carboxylic acids is 1. The van der Waals surface area contributed by atoms with Crippen molar-refractivity contribution in [3.05, 3.63) is 40.7 Å². The van der Waals surface area contributed by atoms with E-state index in [2.05, 4.69) is 29.0 Å². The average Bonchev–Trinajstić information content (AvgIpc) is 2.96. The van der Waals surface area contributed by atoms with Crippen molar-refractivity contribution in [1.29, 1.82) is 0 Å². The van der Waals surface area contributed by atoms with Gasteiger partial charge in [0.2, 0.25) is 0 Å². The van der Waals surface area contributed by atoms with Gasteiger partial charge in [0.25, 0.3) is 5.91 Å². The van der Waals surface area contributed by atoms with E-state index in [1.807, 2.05) is 23.6 Å². The summed E-state index contributed by atoms with van der Waals surface area (Å²) < 4.78 is 0. The molecule has 0 radical (unpaired) electrons. The van der Waals surface area contributed by atoms with E-state index in [1.54, 1.807) is 12.3 Å². The van der Waals surface area contributed by atoms with Crippen LogP contribution in [0.4, 0.5) is 11.5 Å². The van der Waals surface area contributed by atoms with Crippen molar-refractivity contribution in [2.24, 2.45) is 0 Å². The maximum absolute atomic E-state index is 11.9. The van der Waals surface area contributed by atoms with Gasteiger partial charge < -0.3 is 10.2 Å². The number of nitrogens with zero attached hydrogens (tertiary/aromatic N) is 2. The quantitative estimate of drug-likeness (QED) is 0.911. The summed E-state index contributed by atoms with van der Waals surface area (Å²) in [4.78, 5) is 19.0. The van der Waals surface area contributed by atoms with Crippen LogP contribution in [0.25, 0.3) is 0 Å². The molecule has 0 saturated heterocycles. The lowest BCUT2D eigenvalue weighted by atomic mass is 10.3. The highest BCUT2D eigenvalue weighted by Crippen LogP contribution is 2.16. The Morgan fingerprint density at radius 1 is 1.32 bits per heavy atom. The molecule has 1 amide bonds. The molecule has 19 heavy (non-hydrogen) atoms. The van der Waals surface area contributed by atoms with Gasteiger partial charge in [0.15, 0.2) is 0 Å². The predicted molar refractivity (Wildman–Crippen MR) is 80.1 cm³/mol. The topological polar surface area (TPSA) is 45.2 Å². The fourth-order valence-corrected chi connectivity index (χ4v) is 2.44. The number of pyridine rings is 1. The molecule has 0 aromatic carbocycles.